The van der Waals surface area contributed by atoms with Crippen LogP contribution in [0.15, 0.2) is 6.20 Å². The molecule has 1 aliphatic rings. The summed E-state index contributed by atoms with van der Waals surface area (Å²) in [4.78, 5) is 11.0. The highest BCUT2D eigenvalue weighted by Gasteiger charge is 2.25. The van der Waals surface area contributed by atoms with E-state index in [1.165, 1.54) is 18.4 Å². The van der Waals surface area contributed by atoms with E-state index in [-0.39, 0.29) is 0 Å². The zero-order chi connectivity index (χ0) is 10.8. The molecular weight excluding hydrogens is 212 g/mol. The first kappa shape index (κ1) is 10.5. The van der Waals surface area contributed by atoms with Crippen molar-refractivity contribution in [3.63, 3.8) is 0 Å². The molecule has 5 heteroatoms. The van der Waals surface area contributed by atoms with Gasteiger partial charge >= 0.3 is 5.97 Å². The molecule has 0 amide bonds. The summed E-state index contributed by atoms with van der Waals surface area (Å²) in [6.07, 6.45) is 3.70. The van der Waals surface area contributed by atoms with E-state index in [0.717, 1.165) is 17.9 Å². The van der Waals surface area contributed by atoms with Crippen LogP contribution in [0.3, 0.4) is 0 Å². The zero-order valence-electron chi connectivity index (χ0n) is 8.64. The molecule has 0 radical (unpaired) electrons. The maximum atomic E-state index is 11.0. The van der Waals surface area contributed by atoms with Gasteiger partial charge in [0.05, 0.1) is 11.9 Å². The van der Waals surface area contributed by atoms with Crippen LogP contribution < -0.4 is 0 Å². The van der Waals surface area contributed by atoms with Crippen molar-refractivity contribution in [1.29, 1.82) is 0 Å². The third-order valence-electron chi connectivity index (χ3n) is 2.76. The lowest BCUT2D eigenvalue weighted by atomic mass is 9.98. The highest BCUT2D eigenvalue weighted by Crippen LogP contribution is 2.32. The van der Waals surface area contributed by atoms with Crippen LogP contribution in [0.2, 0.25) is 0 Å². The van der Waals surface area contributed by atoms with Crippen molar-refractivity contribution in [2.24, 2.45) is 7.05 Å². The van der Waals surface area contributed by atoms with Crippen molar-refractivity contribution >= 4 is 17.7 Å². The molecule has 1 aliphatic heterocycles. The van der Waals surface area contributed by atoms with E-state index in [4.69, 9.17) is 5.11 Å². The molecule has 82 valence electrons. The van der Waals surface area contributed by atoms with Gasteiger partial charge in [-0.3, -0.25) is 4.68 Å². The molecule has 2 heterocycles. The smallest absolute Gasteiger partial charge is 0.339 e. The van der Waals surface area contributed by atoms with Crippen LogP contribution in [0.4, 0.5) is 0 Å². The van der Waals surface area contributed by atoms with Gasteiger partial charge in [0, 0.05) is 18.7 Å². The molecule has 0 saturated carbocycles. The number of carboxylic acids is 1. The van der Waals surface area contributed by atoms with Crippen molar-refractivity contribution in [3.05, 3.63) is 17.5 Å². The number of aromatic nitrogens is 2. The molecule has 1 aromatic rings. The fourth-order valence-corrected chi connectivity index (χ4v) is 3.20. The van der Waals surface area contributed by atoms with Gasteiger partial charge in [0.15, 0.2) is 0 Å². The van der Waals surface area contributed by atoms with E-state index >= 15 is 0 Å². The maximum Gasteiger partial charge on any atom is 0.339 e. The predicted molar refractivity (Wildman–Crippen MR) is 59.5 cm³/mol. The number of hydrogen-bond acceptors (Lipinski definition) is 3. The van der Waals surface area contributed by atoms with E-state index in [1.807, 2.05) is 18.8 Å². The average molecular weight is 226 g/mol. The van der Waals surface area contributed by atoms with E-state index in [2.05, 4.69) is 5.10 Å². The molecule has 0 spiro atoms. The number of nitrogens with zero attached hydrogens (tertiary/aromatic N) is 2. The predicted octanol–water partition coefficient (Wildman–Crippen LogP) is 1.73. The van der Waals surface area contributed by atoms with Gasteiger partial charge < -0.3 is 5.11 Å². The summed E-state index contributed by atoms with van der Waals surface area (Å²) >= 11 is 1.90. The number of aryl methyl sites for hydroxylation is 1. The van der Waals surface area contributed by atoms with Gasteiger partial charge in [0.25, 0.3) is 0 Å². The molecule has 0 aromatic carbocycles. The van der Waals surface area contributed by atoms with Crippen molar-refractivity contribution in [2.75, 3.05) is 11.5 Å². The first-order valence-corrected chi connectivity index (χ1v) is 6.18. The third-order valence-corrected chi connectivity index (χ3v) is 3.98. The number of carbonyl (C=O) groups is 1. The monoisotopic (exact) mass is 226 g/mol. The molecule has 1 unspecified atom stereocenters. The lowest BCUT2D eigenvalue weighted by Gasteiger charge is -2.22. The Balaban J connectivity index is 2.32. The fraction of sp³-hybridized carbons (Fsp3) is 0.600. The lowest BCUT2D eigenvalue weighted by Crippen LogP contribution is -2.16. The molecule has 15 heavy (non-hydrogen) atoms. The average Bonchev–Trinajstić information content (AvgIpc) is 2.61. The van der Waals surface area contributed by atoms with Crippen molar-refractivity contribution in [3.8, 4) is 0 Å². The van der Waals surface area contributed by atoms with Crippen molar-refractivity contribution < 1.29 is 9.90 Å². The quantitative estimate of drug-likeness (QED) is 0.834. The molecule has 1 atom stereocenters. The van der Waals surface area contributed by atoms with Crippen LogP contribution in [-0.2, 0) is 7.05 Å². The molecule has 1 N–H and O–H groups in total. The first-order valence-electron chi connectivity index (χ1n) is 5.03. The Kier molecular flexibility index (Phi) is 3.00. The SMILES string of the molecule is Cn1ncc(C(=O)O)c1C1CCCSC1. The minimum Gasteiger partial charge on any atom is -0.478 e. The van der Waals surface area contributed by atoms with Crippen molar-refractivity contribution in [1.82, 2.24) is 9.78 Å². The Labute approximate surface area is 92.7 Å². The Morgan fingerprint density at radius 2 is 2.53 bits per heavy atom. The second kappa shape index (κ2) is 4.26. The Bertz CT molecular complexity index is 369. The lowest BCUT2D eigenvalue weighted by molar-refractivity contribution is 0.0695. The van der Waals surface area contributed by atoms with Gasteiger partial charge in [-0.1, -0.05) is 0 Å². The number of rotatable bonds is 2. The summed E-state index contributed by atoms with van der Waals surface area (Å²) in [5.74, 6) is 1.69. The first-order chi connectivity index (χ1) is 7.20. The largest absolute Gasteiger partial charge is 0.478 e. The summed E-state index contributed by atoms with van der Waals surface area (Å²) in [6.45, 7) is 0. The molecule has 2 rings (SSSR count). The zero-order valence-corrected chi connectivity index (χ0v) is 9.46. The van der Waals surface area contributed by atoms with Crippen LogP contribution in [-0.4, -0.2) is 32.4 Å². The molecule has 4 nitrogen and oxygen atoms in total. The Morgan fingerprint density at radius 1 is 1.73 bits per heavy atom. The van der Waals surface area contributed by atoms with Gasteiger partial charge in [-0.25, -0.2) is 4.79 Å². The summed E-state index contributed by atoms with van der Waals surface area (Å²) in [7, 11) is 1.82. The summed E-state index contributed by atoms with van der Waals surface area (Å²) < 4.78 is 1.71. The van der Waals surface area contributed by atoms with Crippen LogP contribution in [0.25, 0.3) is 0 Å². The molecule has 0 bridgehead atoms. The van der Waals surface area contributed by atoms with Gasteiger partial charge in [-0.15, -0.1) is 0 Å². The Hall–Kier alpha value is -0.970. The summed E-state index contributed by atoms with van der Waals surface area (Å²) in [5.41, 5.74) is 1.25. The number of aromatic carboxylic acids is 1. The molecule has 1 fully saturated rings. The number of thioether (sulfide) groups is 1. The second-order valence-electron chi connectivity index (χ2n) is 3.79. The number of carboxylic acid groups (broad SMARTS) is 1. The fourth-order valence-electron chi connectivity index (χ4n) is 2.05. The van der Waals surface area contributed by atoms with Crippen LogP contribution in [0.5, 0.6) is 0 Å². The van der Waals surface area contributed by atoms with E-state index in [1.54, 1.807) is 4.68 Å². The van der Waals surface area contributed by atoms with E-state index in [0.29, 0.717) is 11.5 Å². The van der Waals surface area contributed by atoms with Crippen LogP contribution in [0, 0.1) is 0 Å². The highest BCUT2D eigenvalue weighted by molar-refractivity contribution is 7.99. The standard InChI is InChI=1S/C10H14N2O2S/c1-12-9(7-3-2-4-15-6-7)8(5-11-12)10(13)14/h5,7H,2-4,6H2,1H3,(H,13,14). The van der Waals surface area contributed by atoms with Gasteiger partial charge in [0.2, 0.25) is 0 Å². The van der Waals surface area contributed by atoms with Gasteiger partial charge in [-0.2, -0.15) is 16.9 Å². The maximum absolute atomic E-state index is 11.0. The van der Waals surface area contributed by atoms with E-state index in [9.17, 15) is 4.79 Å². The summed E-state index contributed by atoms with van der Waals surface area (Å²) in [5, 5.41) is 13.1. The van der Waals surface area contributed by atoms with Gasteiger partial charge in [0.1, 0.15) is 5.56 Å². The summed E-state index contributed by atoms with van der Waals surface area (Å²) in [6, 6.07) is 0. The normalized spacial score (nSPS) is 21.5. The van der Waals surface area contributed by atoms with E-state index < -0.39 is 5.97 Å². The number of hydrogen-bond donors (Lipinski definition) is 1. The second-order valence-corrected chi connectivity index (χ2v) is 4.94. The molecule has 1 saturated heterocycles. The minimum atomic E-state index is -0.867. The van der Waals surface area contributed by atoms with Crippen LogP contribution >= 0.6 is 11.8 Å². The van der Waals surface area contributed by atoms with Gasteiger partial charge in [-0.05, 0) is 18.6 Å². The minimum absolute atomic E-state index is 0.349. The molecule has 0 aliphatic carbocycles. The van der Waals surface area contributed by atoms with Crippen LogP contribution in [0.1, 0.15) is 34.8 Å². The topological polar surface area (TPSA) is 55.1 Å². The molecule has 1 aromatic heterocycles. The molecular formula is C10H14N2O2S. The third kappa shape index (κ3) is 2.02. The van der Waals surface area contributed by atoms with Crippen molar-refractivity contribution in [2.45, 2.75) is 18.8 Å². The Morgan fingerprint density at radius 3 is 3.13 bits per heavy atom. The highest BCUT2D eigenvalue weighted by atomic mass is 32.2.